The van der Waals surface area contributed by atoms with E-state index in [1.54, 1.807) is 30.5 Å². The number of ether oxygens (including phenoxy) is 1. The zero-order valence-electron chi connectivity index (χ0n) is 14.2. The van der Waals surface area contributed by atoms with Crippen molar-refractivity contribution >= 4 is 29.2 Å². The second kappa shape index (κ2) is 8.82. The molecule has 0 aromatic heterocycles. The Morgan fingerprint density at radius 2 is 1.81 bits per heavy atom. The lowest BCUT2D eigenvalue weighted by atomic mass is 10.2. The van der Waals surface area contributed by atoms with Crippen LogP contribution in [0.15, 0.2) is 77.9 Å². The molecule has 0 heterocycles. The molecule has 0 aliphatic carbocycles. The number of hydrazone groups is 1. The first-order chi connectivity index (χ1) is 13.1. The fourth-order valence-corrected chi connectivity index (χ4v) is 2.53. The lowest BCUT2D eigenvalue weighted by Gasteiger charge is -2.08. The number of nitro benzene ring substituents is 1. The highest BCUT2D eigenvalue weighted by Crippen LogP contribution is 2.26. The van der Waals surface area contributed by atoms with E-state index in [1.807, 2.05) is 36.4 Å². The van der Waals surface area contributed by atoms with Gasteiger partial charge in [-0.05, 0) is 41.5 Å². The third-order valence-corrected chi connectivity index (χ3v) is 3.97. The first-order valence-electron chi connectivity index (χ1n) is 8.11. The summed E-state index contributed by atoms with van der Waals surface area (Å²) in [6, 6.07) is 21.2. The van der Waals surface area contributed by atoms with Crippen LogP contribution in [-0.2, 0) is 6.61 Å². The fraction of sp³-hybridized carbons (Fsp3) is 0.0500. The zero-order valence-corrected chi connectivity index (χ0v) is 15.0. The van der Waals surface area contributed by atoms with Crippen molar-refractivity contribution in [3.8, 4) is 5.75 Å². The maximum atomic E-state index is 10.6. The summed E-state index contributed by atoms with van der Waals surface area (Å²) >= 11 is 6.27. The van der Waals surface area contributed by atoms with Gasteiger partial charge in [-0.2, -0.15) is 5.10 Å². The number of hydrogen-bond acceptors (Lipinski definition) is 5. The highest BCUT2D eigenvalue weighted by Gasteiger charge is 2.04. The Morgan fingerprint density at radius 1 is 1.07 bits per heavy atom. The van der Waals surface area contributed by atoms with Gasteiger partial charge < -0.3 is 4.74 Å². The van der Waals surface area contributed by atoms with Crippen LogP contribution in [0, 0.1) is 10.1 Å². The highest BCUT2D eigenvalue weighted by molar-refractivity contribution is 6.32. The number of nitro groups is 1. The topological polar surface area (TPSA) is 76.8 Å². The van der Waals surface area contributed by atoms with Crippen LogP contribution in [0.25, 0.3) is 0 Å². The van der Waals surface area contributed by atoms with Gasteiger partial charge in [0, 0.05) is 12.1 Å². The van der Waals surface area contributed by atoms with Gasteiger partial charge in [0.2, 0.25) is 0 Å². The minimum absolute atomic E-state index is 0.0300. The summed E-state index contributed by atoms with van der Waals surface area (Å²) in [7, 11) is 0. The van der Waals surface area contributed by atoms with Crippen molar-refractivity contribution in [2.75, 3.05) is 5.43 Å². The molecule has 27 heavy (non-hydrogen) atoms. The fourth-order valence-electron chi connectivity index (χ4n) is 2.29. The van der Waals surface area contributed by atoms with Crippen LogP contribution in [0.3, 0.4) is 0 Å². The number of hydrogen-bond donors (Lipinski definition) is 1. The number of non-ortho nitro benzene ring substituents is 1. The predicted molar refractivity (Wildman–Crippen MR) is 107 cm³/mol. The molecule has 0 unspecified atom stereocenters. The predicted octanol–water partition coefficient (Wildman–Crippen LogP) is 5.27. The van der Waals surface area contributed by atoms with E-state index in [0.29, 0.717) is 23.1 Å². The number of nitrogens with one attached hydrogen (secondary N) is 1. The van der Waals surface area contributed by atoms with Crippen LogP contribution in [0.5, 0.6) is 5.75 Å². The minimum atomic E-state index is -0.448. The average molecular weight is 382 g/mol. The smallest absolute Gasteiger partial charge is 0.269 e. The van der Waals surface area contributed by atoms with Crippen LogP contribution < -0.4 is 10.2 Å². The zero-order chi connectivity index (χ0) is 19.1. The first-order valence-corrected chi connectivity index (χ1v) is 8.49. The Hall–Kier alpha value is -3.38. The third-order valence-electron chi connectivity index (χ3n) is 3.68. The van der Waals surface area contributed by atoms with Crippen molar-refractivity contribution in [3.63, 3.8) is 0 Å². The second-order valence-electron chi connectivity index (χ2n) is 5.64. The maximum absolute atomic E-state index is 10.6. The lowest BCUT2D eigenvalue weighted by molar-refractivity contribution is -0.384. The molecule has 136 valence electrons. The molecule has 0 atom stereocenters. The van der Waals surface area contributed by atoms with Gasteiger partial charge in [-0.25, -0.2) is 0 Å². The number of nitrogens with zero attached hydrogens (tertiary/aromatic N) is 2. The Morgan fingerprint density at radius 3 is 2.48 bits per heavy atom. The molecule has 6 nitrogen and oxygen atoms in total. The van der Waals surface area contributed by atoms with E-state index in [4.69, 9.17) is 16.3 Å². The molecular formula is C20H16ClN3O3. The number of benzene rings is 3. The molecule has 0 aliphatic rings. The second-order valence-corrected chi connectivity index (χ2v) is 6.05. The van der Waals surface area contributed by atoms with Gasteiger partial charge in [-0.1, -0.05) is 41.9 Å². The molecule has 3 rings (SSSR count). The Bertz CT molecular complexity index is 944. The largest absolute Gasteiger partial charge is 0.487 e. The van der Waals surface area contributed by atoms with Gasteiger partial charge >= 0.3 is 0 Å². The lowest BCUT2D eigenvalue weighted by Crippen LogP contribution is -1.96. The van der Waals surface area contributed by atoms with E-state index in [2.05, 4.69) is 10.5 Å². The Labute approximate surface area is 161 Å². The molecule has 0 bridgehead atoms. The normalized spacial score (nSPS) is 10.7. The van der Waals surface area contributed by atoms with E-state index >= 15 is 0 Å². The molecule has 0 fully saturated rings. The van der Waals surface area contributed by atoms with Gasteiger partial charge in [0.25, 0.3) is 5.69 Å². The van der Waals surface area contributed by atoms with Crippen LogP contribution >= 0.6 is 11.6 Å². The van der Waals surface area contributed by atoms with E-state index in [0.717, 1.165) is 11.1 Å². The van der Waals surface area contributed by atoms with Crippen molar-refractivity contribution in [1.29, 1.82) is 0 Å². The SMILES string of the molecule is O=[N+]([O-])c1ccc(N/N=C/c2ccc(OCc3ccccc3)c(Cl)c2)cc1. The van der Waals surface area contributed by atoms with Gasteiger partial charge in [0.1, 0.15) is 12.4 Å². The summed E-state index contributed by atoms with van der Waals surface area (Å²) in [6.45, 7) is 0.440. The molecule has 0 aliphatic heterocycles. The number of anilines is 1. The molecule has 0 saturated carbocycles. The summed E-state index contributed by atoms with van der Waals surface area (Å²) in [6.07, 6.45) is 1.61. The van der Waals surface area contributed by atoms with Gasteiger partial charge in [0.05, 0.1) is 21.8 Å². The number of halogens is 1. The molecule has 0 radical (unpaired) electrons. The summed E-state index contributed by atoms with van der Waals surface area (Å²) in [5, 5.41) is 15.2. The van der Waals surface area contributed by atoms with E-state index < -0.39 is 4.92 Å². The summed E-state index contributed by atoms with van der Waals surface area (Å²) < 4.78 is 5.74. The van der Waals surface area contributed by atoms with Crippen LogP contribution in [0.1, 0.15) is 11.1 Å². The Balaban J connectivity index is 1.58. The quantitative estimate of drug-likeness (QED) is 0.343. The van der Waals surface area contributed by atoms with Crippen molar-refractivity contribution in [2.24, 2.45) is 5.10 Å². The monoisotopic (exact) mass is 381 g/mol. The Kier molecular flexibility index (Phi) is 6.02. The van der Waals surface area contributed by atoms with E-state index in [9.17, 15) is 10.1 Å². The van der Waals surface area contributed by atoms with Crippen molar-refractivity contribution in [3.05, 3.63) is 99.1 Å². The molecule has 1 N–H and O–H groups in total. The van der Waals surface area contributed by atoms with Crippen LogP contribution in [0.4, 0.5) is 11.4 Å². The third kappa shape index (κ3) is 5.29. The molecule has 0 amide bonds. The van der Waals surface area contributed by atoms with Gasteiger partial charge in [0.15, 0.2) is 0 Å². The van der Waals surface area contributed by atoms with E-state index in [-0.39, 0.29) is 5.69 Å². The molecule has 3 aromatic carbocycles. The molecule has 0 saturated heterocycles. The van der Waals surface area contributed by atoms with Gasteiger partial charge in [-0.3, -0.25) is 15.5 Å². The maximum Gasteiger partial charge on any atom is 0.269 e. The van der Waals surface area contributed by atoms with Crippen LogP contribution in [-0.4, -0.2) is 11.1 Å². The van der Waals surface area contributed by atoms with Crippen molar-refractivity contribution in [1.82, 2.24) is 0 Å². The molecular weight excluding hydrogens is 366 g/mol. The highest BCUT2D eigenvalue weighted by atomic mass is 35.5. The summed E-state index contributed by atoms with van der Waals surface area (Å²) in [5.41, 5.74) is 5.34. The summed E-state index contributed by atoms with van der Waals surface area (Å²) in [4.78, 5) is 10.2. The van der Waals surface area contributed by atoms with Gasteiger partial charge in [-0.15, -0.1) is 0 Å². The average Bonchev–Trinajstić information content (AvgIpc) is 2.68. The minimum Gasteiger partial charge on any atom is -0.487 e. The van der Waals surface area contributed by atoms with Crippen molar-refractivity contribution in [2.45, 2.75) is 6.61 Å². The standard InChI is InChI=1S/C20H16ClN3O3/c21-19-12-16(6-11-20(19)27-14-15-4-2-1-3-5-15)13-22-23-17-7-9-18(10-8-17)24(25)26/h1-13,23H,14H2/b22-13+. The van der Waals surface area contributed by atoms with Crippen molar-refractivity contribution < 1.29 is 9.66 Å². The molecule has 7 heteroatoms. The first kappa shape index (κ1) is 18.4. The van der Waals surface area contributed by atoms with E-state index in [1.165, 1.54) is 12.1 Å². The summed E-state index contributed by atoms with van der Waals surface area (Å²) in [5.74, 6) is 0.598. The van der Waals surface area contributed by atoms with Crippen LogP contribution in [0.2, 0.25) is 5.02 Å². The molecule has 3 aromatic rings. The molecule has 0 spiro atoms. The number of rotatable bonds is 7.